The van der Waals surface area contributed by atoms with Gasteiger partial charge in [-0.3, -0.25) is 14.4 Å². The van der Waals surface area contributed by atoms with Gasteiger partial charge in [-0.05, 0) is 30.3 Å². The Morgan fingerprint density at radius 1 is 1.14 bits per heavy atom. The summed E-state index contributed by atoms with van der Waals surface area (Å²) in [6.45, 7) is 10.6. The maximum Gasteiger partial charge on any atom is 0.407 e. The molecule has 2 aliphatic rings. The minimum absolute atomic E-state index is 0.0746. The van der Waals surface area contributed by atoms with Crippen molar-refractivity contribution in [3.63, 3.8) is 0 Å². The first-order valence-electron chi connectivity index (χ1n) is 9.16. The first-order valence-corrected chi connectivity index (χ1v) is 12.1. The molecule has 9 heteroatoms. The standard InChI is InChI=1S/C19H26N2O6Si/c1-18(2,3)28(4,5)27-19(10-20(11-19)17(24)25)12-26-21-15(22)13-8-6-7-9-14(13)16(21)23/h6-9H,10-12H2,1-5H3,(H,24,25). The molecule has 8 nitrogen and oxygen atoms in total. The first-order chi connectivity index (χ1) is 12.9. The third-order valence-corrected chi connectivity index (χ3v) is 10.3. The van der Waals surface area contributed by atoms with E-state index in [0.29, 0.717) is 11.1 Å². The van der Waals surface area contributed by atoms with Gasteiger partial charge in [0.05, 0.1) is 24.2 Å². The fourth-order valence-electron chi connectivity index (χ4n) is 3.13. The zero-order valence-corrected chi connectivity index (χ0v) is 17.8. The number of nitrogens with zero attached hydrogens (tertiary/aromatic N) is 2. The lowest BCUT2D eigenvalue weighted by Crippen LogP contribution is -2.70. The van der Waals surface area contributed by atoms with Crippen LogP contribution >= 0.6 is 0 Å². The second-order valence-corrected chi connectivity index (χ2v) is 13.6. The van der Waals surface area contributed by atoms with Crippen LogP contribution in [-0.2, 0) is 9.26 Å². The minimum atomic E-state index is -2.24. The summed E-state index contributed by atoms with van der Waals surface area (Å²) >= 11 is 0. The molecule has 0 atom stereocenters. The van der Waals surface area contributed by atoms with E-state index < -0.39 is 31.8 Å². The van der Waals surface area contributed by atoms with Crippen molar-refractivity contribution < 1.29 is 28.8 Å². The summed E-state index contributed by atoms with van der Waals surface area (Å²) in [7, 11) is -2.24. The molecule has 2 heterocycles. The van der Waals surface area contributed by atoms with Crippen molar-refractivity contribution in [2.24, 2.45) is 0 Å². The number of rotatable bonds is 5. The number of hydrogen-bond donors (Lipinski definition) is 1. The molecule has 0 bridgehead atoms. The molecule has 152 valence electrons. The quantitative estimate of drug-likeness (QED) is 0.596. The highest BCUT2D eigenvalue weighted by Crippen LogP contribution is 2.41. The number of carbonyl (C=O) groups excluding carboxylic acids is 2. The molecule has 3 rings (SSSR count). The highest BCUT2D eigenvalue weighted by Gasteiger charge is 2.53. The second kappa shape index (κ2) is 6.68. The number of hydrogen-bond acceptors (Lipinski definition) is 5. The summed E-state index contributed by atoms with van der Waals surface area (Å²) in [4.78, 5) is 43.1. The van der Waals surface area contributed by atoms with Crippen LogP contribution in [0, 0.1) is 0 Å². The lowest BCUT2D eigenvalue weighted by Gasteiger charge is -2.53. The summed E-state index contributed by atoms with van der Waals surface area (Å²) in [5, 5.41) is 9.90. The molecule has 0 saturated carbocycles. The van der Waals surface area contributed by atoms with E-state index in [1.165, 1.54) is 4.90 Å². The fraction of sp³-hybridized carbons (Fsp3) is 0.526. The lowest BCUT2D eigenvalue weighted by atomic mass is 9.96. The van der Waals surface area contributed by atoms with Crippen molar-refractivity contribution >= 4 is 26.2 Å². The molecular weight excluding hydrogens is 380 g/mol. The number of carboxylic acid groups (broad SMARTS) is 1. The molecule has 1 saturated heterocycles. The number of likely N-dealkylation sites (tertiary alicyclic amines) is 1. The highest BCUT2D eigenvalue weighted by atomic mass is 28.4. The van der Waals surface area contributed by atoms with Gasteiger partial charge in [-0.25, -0.2) is 4.79 Å². The third kappa shape index (κ3) is 3.45. The molecule has 0 aliphatic carbocycles. The Kier molecular flexibility index (Phi) is 4.89. The number of hydroxylamine groups is 2. The number of carbonyl (C=O) groups is 3. The SMILES string of the molecule is CC(C)(C)[Si](C)(C)OC1(CON2C(=O)c3ccccc3C2=O)CN(C(=O)O)C1. The number of amides is 3. The maximum atomic E-state index is 12.5. The monoisotopic (exact) mass is 406 g/mol. The molecular formula is C19H26N2O6Si. The van der Waals surface area contributed by atoms with Crippen molar-refractivity contribution in [3.8, 4) is 0 Å². The molecule has 0 spiro atoms. The van der Waals surface area contributed by atoms with Gasteiger partial charge in [-0.1, -0.05) is 32.9 Å². The van der Waals surface area contributed by atoms with Gasteiger partial charge in [0.1, 0.15) is 12.2 Å². The summed E-state index contributed by atoms with van der Waals surface area (Å²) in [6, 6.07) is 6.53. The highest BCUT2D eigenvalue weighted by molar-refractivity contribution is 6.74. The Morgan fingerprint density at radius 3 is 2.07 bits per heavy atom. The third-order valence-electron chi connectivity index (χ3n) is 5.72. The van der Waals surface area contributed by atoms with E-state index in [-0.39, 0.29) is 24.7 Å². The molecule has 0 unspecified atom stereocenters. The summed E-state index contributed by atoms with van der Waals surface area (Å²) in [6.07, 6.45) is -1.03. The van der Waals surface area contributed by atoms with Gasteiger partial charge in [0, 0.05) is 0 Å². The number of imide groups is 1. The van der Waals surface area contributed by atoms with E-state index in [4.69, 9.17) is 9.26 Å². The van der Waals surface area contributed by atoms with Gasteiger partial charge in [0.25, 0.3) is 11.8 Å². The van der Waals surface area contributed by atoms with E-state index in [1.54, 1.807) is 24.3 Å². The van der Waals surface area contributed by atoms with Gasteiger partial charge in [-0.2, -0.15) is 0 Å². The molecule has 1 fully saturated rings. The average molecular weight is 407 g/mol. The largest absolute Gasteiger partial charge is 0.465 e. The fourth-order valence-corrected chi connectivity index (χ4v) is 4.71. The van der Waals surface area contributed by atoms with E-state index >= 15 is 0 Å². The number of benzene rings is 1. The summed E-state index contributed by atoms with van der Waals surface area (Å²) in [5.74, 6) is -1.03. The van der Waals surface area contributed by atoms with Gasteiger partial charge < -0.3 is 14.4 Å². The van der Waals surface area contributed by atoms with Crippen LogP contribution in [-0.4, -0.2) is 66.6 Å². The molecule has 0 radical (unpaired) electrons. The van der Waals surface area contributed by atoms with Crippen LogP contribution in [0.1, 0.15) is 41.5 Å². The Hall–Kier alpha value is -2.23. The zero-order valence-electron chi connectivity index (χ0n) is 16.8. The average Bonchev–Trinajstić information content (AvgIpc) is 2.80. The predicted molar refractivity (Wildman–Crippen MR) is 104 cm³/mol. The Morgan fingerprint density at radius 2 is 1.64 bits per heavy atom. The molecule has 1 aromatic carbocycles. The number of fused-ring (bicyclic) bond motifs is 1. The maximum absolute atomic E-state index is 12.5. The van der Waals surface area contributed by atoms with E-state index in [9.17, 15) is 19.5 Å². The van der Waals surface area contributed by atoms with Crippen LogP contribution in [0.5, 0.6) is 0 Å². The topological polar surface area (TPSA) is 96.4 Å². The van der Waals surface area contributed by atoms with Crippen LogP contribution in [0.15, 0.2) is 24.3 Å². The lowest BCUT2D eigenvalue weighted by molar-refractivity contribution is -0.176. The zero-order chi connectivity index (χ0) is 20.9. The van der Waals surface area contributed by atoms with E-state index in [1.807, 2.05) is 0 Å². The van der Waals surface area contributed by atoms with Crippen LogP contribution in [0.25, 0.3) is 0 Å². The van der Waals surface area contributed by atoms with Gasteiger partial charge in [-0.15, -0.1) is 5.06 Å². The van der Waals surface area contributed by atoms with Crippen molar-refractivity contribution in [2.45, 2.75) is 44.5 Å². The normalized spacial score (nSPS) is 18.9. The molecule has 28 heavy (non-hydrogen) atoms. The Bertz CT molecular complexity index is 791. The van der Waals surface area contributed by atoms with E-state index in [0.717, 1.165) is 5.06 Å². The smallest absolute Gasteiger partial charge is 0.407 e. The van der Waals surface area contributed by atoms with Crippen LogP contribution < -0.4 is 0 Å². The van der Waals surface area contributed by atoms with E-state index in [2.05, 4.69) is 33.9 Å². The van der Waals surface area contributed by atoms with Crippen molar-refractivity contribution in [3.05, 3.63) is 35.4 Å². The van der Waals surface area contributed by atoms with Crippen LogP contribution in [0.2, 0.25) is 18.1 Å². The Labute approximate surface area is 165 Å². The van der Waals surface area contributed by atoms with Crippen molar-refractivity contribution in [1.82, 2.24) is 9.96 Å². The summed E-state index contributed by atoms with van der Waals surface area (Å²) < 4.78 is 6.47. The van der Waals surface area contributed by atoms with Crippen LogP contribution in [0.3, 0.4) is 0 Å². The van der Waals surface area contributed by atoms with Gasteiger partial charge in [0.2, 0.25) is 0 Å². The predicted octanol–water partition coefficient (Wildman–Crippen LogP) is 2.97. The molecule has 2 aliphatic heterocycles. The first kappa shape index (κ1) is 20.5. The second-order valence-electron chi connectivity index (χ2n) is 8.91. The van der Waals surface area contributed by atoms with Gasteiger partial charge in [0.15, 0.2) is 8.32 Å². The van der Waals surface area contributed by atoms with Crippen LogP contribution in [0.4, 0.5) is 4.79 Å². The minimum Gasteiger partial charge on any atom is -0.465 e. The molecule has 1 N–H and O–H groups in total. The van der Waals surface area contributed by atoms with Crippen molar-refractivity contribution in [2.75, 3.05) is 19.7 Å². The summed E-state index contributed by atoms with van der Waals surface area (Å²) in [5.41, 5.74) is -0.281. The molecule has 1 aromatic rings. The molecule has 0 aromatic heterocycles. The van der Waals surface area contributed by atoms with Gasteiger partial charge >= 0.3 is 6.09 Å². The van der Waals surface area contributed by atoms with Crippen molar-refractivity contribution in [1.29, 1.82) is 0 Å². The molecule has 3 amide bonds. The Balaban J connectivity index is 1.76.